The van der Waals surface area contributed by atoms with Crippen LogP contribution in [0.3, 0.4) is 0 Å². The summed E-state index contributed by atoms with van der Waals surface area (Å²) in [6.07, 6.45) is 2.10. The molecule has 2 aromatic rings. The molecule has 1 aromatic carbocycles. The molecule has 1 aromatic heterocycles. The van der Waals surface area contributed by atoms with Gasteiger partial charge in [0.25, 0.3) is 0 Å². The summed E-state index contributed by atoms with van der Waals surface area (Å²) < 4.78 is 0. The second-order valence-electron chi connectivity index (χ2n) is 13.2. The molecule has 0 bridgehead atoms. The average Bonchev–Trinajstić information content (AvgIpc) is 3.51. The molecule has 17 heteroatoms. The fourth-order valence-electron chi connectivity index (χ4n) is 4.47. The van der Waals surface area contributed by atoms with Crippen LogP contribution in [0.1, 0.15) is 59.2 Å². The Balaban J connectivity index is 2.25. The van der Waals surface area contributed by atoms with Crippen molar-refractivity contribution in [1.29, 1.82) is 0 Å². The van der Waals surface area contributed by atoms with Crippen molar-refractivity contribution in [2.45, 2.75) is 96.1 Å². The highest BCUT2D eigenvalue weighted by atomic mass is 16.4. The highest BCUT2D eigenvalue weighted by Gasteiger charge is 2.38. The van der Waals surface area contributed by atoms with E-state index >= 15 is 0 Å². The third-order valence-electron chi connectivity index (χ3n) is 7.36. The van der Waals surface area contributed by atoms with Crippen molar-refractivity contribution in [2.24, 2.45) is 17.4 Å². The van der Waals surface area contributed by atoms with Crippen LogP contribution in [-0.2, 0) is 46.4 Å². The normalized spacial score (nSPS) is 14.0. The first-order chi connectivity index (χ1) is 22.7. The van der Waals surface area contributed by atoms with Gasteiger partial charge in [0.15, 0.2) is 0 Å². The molecular weight excluding hydrogens is 638 g/mol. The topological polar surface area (TPSA) is 281 Å². The fraction of sp³-hybridized carbons (Fsp3) is 0.500. The molecule has 6 amide bonds. The Morgan fingerprint density at radius 1 is 0.816 bits per heavy atom. The number of nitrogens with one attached hydrogen (secondary N) is 6. The molecule has 49 heavy (non-hydrogen) atoms. The van der Waals surface area contributed by atoms with Crippen molar-refractivity contribution in [2.75, 3.05) is 0 Å². The van der Waals surface area contributed by atoms with Crippen molar-refractivity contribution in [3.8, 4) is 0 Å². The van der Waals surface area contributed by atoms with Crippen LogP contribution in [0.5, 0.6) is 0 Å². The van der Waals surface area contributed by atoms with Gasteiger partial charge in [0, 0.05) is 24.7 Å². The first-order valence-electron chi connectivity index (χ1n) is 15.6. The van der Waals surface area contributed by atoms with Gasteiger partial charge >= 0.3 is 5.97 Å². The number of aliphatic carboxylic acids is 1. The molecule has 0 fully saturated rings. The maximum atomic E-state index is 13.7. The molecule has 0 unspecified atom stereocenters. The predicted octanol–water partition coefficient (Wildman–Crippen LogP) is -1.62. The summed E-state index contributed by atoms with van der Waals surface area (Å²) in [5, 5.41) is 22.2. The first-order valence-corrected chi connectivity index (χ1v) is 15.6. The van der Waals surface area contributed by atoms with Crippen molar-refractivity contribution in [1.82, 2.24) is 36.6 Å². The van der Waals surface area contributed by atoms with Gasteiger partial charge in [0.05, 0.1) is 18.3 Å². The summed E-state index contributed by atoms with van der Waals surface area (Å²) in [4.78, 5) is 96.5. The number of aromatic amines is 1. The van der Waals surface area contributed by atoms with Gasteiger partial charge in [-0.2, -0.15) is 0 Å². The van der Waals surface area contributed by atoms with Gasteiger partial charge < -0.3 is 48.1 Å². The number of carbonyl (C=O) groups is 7. The number of amides is 6. The van der Waals surface area contributed by atoms with E-state index in [0.29, 0.717) is 11.3 Å². The molecule has 0 saturated carbocycles. The molecule has 17 nitrogen and oxygen atoms in total. The molecule has 268 valence electrons. The summed E-state index contributed by atoms with van der Waals surface area (Å²) in [6.45, 7) is 8.88. The highest BCUT2D eigenvalue weighted by Crippen LogP contribution is 2.12. The average molecular weight is 686 g/mol. The van der Waals surface area contributed by atoms with Crippen LogP contribution in [0.2, 0.25) is 0 Å². The van der Waals surface area contributed by atoms with E-state index in [-0.39, 0.29) is 12.8 Å². The lowest BCUT2D eigenvalue weighted by Crippen LogP contribution is -2.64. The largest absolute Gasteiger partial charge is 0.480 e. The van der Waals surface area contributed by atoms with E-state index in [1.54, 1.807) is 44.2 Å². The monoisotopic (exact) mass is 685 g/mol. The summed E-state index contributed by atoms with van der Waals surface area (Å²) in [5.74, 6) is -6.63. The molecular formula is C32H47N9O8. The number of carbonyl (C=O) groups excluding carboxylic acids is 6. The van der Waals surface area contributed by atoms with Crippen LogP contribution < -0.4 is 38.1 Å². The molecule has 0 aliphatic carbocycles. The summed E-state index contributed by atoms with van der Waals surface area (Å²) in [7, 11) is 0. The van der Waals surface area contributed by atoms with Gasteiger partial charge in [-0.3, -0.25) is 28.8 Å². The maximum absolute atomic E-state index is 13.7. The molecule has 0 aliphatic heterocycles. The van der Waals surface area contributed by atoms with Gasteiger partial charge in [0.1, 0.15) is 29.7 Å². The second kappa shape index (κ2) is 17.2. The minimum Gasteiger partial charge on any atom is -0.480 e. The highest BCUT2D eigenvalue weighted by molar-refractivity contribution is 5.99. The lowest BCUT2D eigenvalue weighted by atomic mass is 9.97. The van der Waals surface area contributed by atoms with Gasteiger partial charge in [-0.1, -0.05) is 44.2 Å². The van der Waals surface area contributed by atoms with E-state index < -0.39 is 89.0 Å². The number of aromatic nitrogens is 2. The number of benzene rings is 1. The lowest BCUT2D eigenvalue weighted by molar-refractivity contribution is -0.143. The molecule has 0 aliphatic rings. The number of rotatable bonds is 18. The number of carboxylic acids is 1. The van der Waals surface area contributed by atoms with Crippen molar-refractivity contribution in [3.05, 3.63) is 54.1 Å². The van der Waals surface area contributed by atoms with Crippen molar-refractivity contribution >= 4 is 41.4 Å². The van der Waals surface area contributed by atoms with Crippen LogP contribution in [0, 0.1) is 5.92 Å². The van der Waals surface area contributed by atoms with Gasteiger partial charge in [-0.25, -0.2) is 9.78 Å². The van der Waals surface area contributed by atoms with Crippen molar-refractivity contribution < 1.29 is 38.7 Å². The SMILES string of the molecule is CC(C)[C@H](NC(=O)C(C)(C)NC(=O)[C@H](Cc1ccccc1)NC(=O)[C@H](CC(N)=O)NC(=O)C(C)(C)N)C(=O)N[C@@H](Cc1cnc[nH]1)C(=O)O. The third kappa shape index (κ3) is 12.7. The van der Waals surface area contributed by atoms with Crippen LogP contribution >= 0.6 is 0 Å². The summed E-state index contributed by atoms with van der Waals surface area (Å²) in [5.41, 5.74) is 9.21. The molecule has 0 saturated heterocycles. The zero-order valence-corrected chi connectivity index (χ0v) is 28.5. The third-order valence-corrected chi connectivity index (χ3v) is 7.36. The minimum atomic E-state index is -1.66. The molecule has 2 rings (SSSR count). The number of hydrogen-bond donors (Lipinski definition) is 9. The Bertz CT molecular complexity index is 1490. The number of carboxylic acid groups (broad SMARTS) is 1. The van der Waals surface area contributed by atoms with Crippen LogP contribution in [0.25, 0.3) is 0 Å². The Labute approximate surface area is 284 Å². The number of nitrogens with zero attached hydrogens (tertiary/aromatic N) is 1. The van der Waals surface area contributed by atoms with Crippen molar-refractivity contribution in [3.63, 3.8) is 0 Å². The quantitative estimate of drug-likeness (QED) is 0.0865. The van der Waals surface area contributed by atoms with E-state index in [2.05, 4.69) is 36.6 Å². The van der Waals surface area contributed by atoms with E-state index in [1.165, 1.54) is 40.2 Å². The summed E-state index contributed by atoms with van der Waals surface area (Å²) >= 11 is 0. The molecule has 0 spiro atoms. The minimum absolute atomic E-state index is 0.0420. The van der Waals surface area contributed by atoms with E-state index in [9.17, 15) is 38.7 Å². The molecule has 1 heterocycles. The maximum Gasteiger partial charge on any atom is 0.326 e. The zero-order valence-electron chi connectivity index (χ0n) is 28.5. The fourth-order valence-corrected chi connectivity index (χ4v) is 4.47. The standard InChI is InChI=1S/C32H47N9O8/c1-17(2)24(27(45)38-22(28(46)47)13-19-15-35-16-36-19)40-30(49)32(5,6)41-26(44)20(12-18-10-8-7-9-11-18)37-25(43)21(14-23(33)42)39-29(48)31(3,4)34/h7-11,15-17,20-22,24H,12-14,34H2,1-6H3,(H2,33,42)(H,35,36)(H,37,43)(H,38,45)(H,39,48)(H,40,49)(H,41,44)(H,46,47)/t20-,21-,22-,24-/m0/s1. The first kappa shape index (κ1) is 39.9. The van der Waals surface area contributed by atoms with Gasteiger partial charge in [-0.05, 0) is 39.2 Å². The Morgan fingerprint density at radius 3 is 1.94 bits per heavy atom. The summed E-state index contributed by atoms with van der Waals surface area (Å²) in [6, 6.07) is 3.38. The van der Waals surface area contributed by atoms with Crippen LogP contribution in [0.4, 0.5) is 0 Å². The molecule has 0 radical (unpaired) electrons. The van der Waals surface area contributed by atoms with E-state index in [0.717, 1.165) is 0 Å². The van der Waals surface area contributed by atoms with E-state index in [1.807, 2.05) is 0 Å². The molecule has 11 N–H and O–H groups in total. The number of H-pyrrole nitrogens is 1. The smallest absolute Gasteiger partial charge is 0.326 e. The van der Waals surface area contributed by atoms with E-state index in [4.69, 9.17) is 11.5 Å². The van der Waals surface area contributed by atoms with Gasteiger partial charge in [0.2, 0.25) is 35.4 Å². The van der Waals surface area contributed by atoms with Crippen LogP contribution in [-0.4, -0.2) is 91.7 Å². The lowest BCUT2D eigenvalue weighted by Gasteiger charge is -2.32. The number of primary amides is 1. The van der Waals surface area contributed by atoms with Gasteiger partial charge in [-0.15, -0.1) is 0 Å². The Hall–Kier alpha value is -5.32. The Kier molecular flexibility index (Phi) is 14.0. The Morgan fingerprint density at radius 2 is 1.43 bits per heavy atom. The second-order valence-corrected chi connectivity index (χ2v) is 13.2. The zero-order chi connectivity index (χ0) is 37.1. The molecule has 4 atom stereocenters. The number of imidazole rings is 1. The van der Waals surface area contributed by atoms with Crippen LogP contribution in [0.15, 0.2) is 42.9 Å². The number of hydrogen-bond acceptors (Lipinski definition) is 9. The number of nitrogens with two attached hydrogens (primary N) is 2. The predicted molar refractivity (Wildman–Crippen MR) is 177 cm³/mol.